The van der Waals surface area contributed by atoms with Gasteiger partial charge in [0.25, 0.3) is 0 Å². The third-order valence-electron chi connectivity index (χ3n) is 4.75. The summed E-state index contributed by atoms with van der Waals surface area (Å²) < 4.78 is 0. The summed E-state index contributed by atoms with van der Waals surface area (Å²) >= 11 is 0. The van der Waals surface area contributed by atoms with E-state index in [1.807, 2.05) is 6.07 Å². The Kier molecular flexibility index (Phi) is 4.74. The van der Waals surface area contributed by atoms with Crippen molar-refractivity contribution in [1.29, 1.82) is 0 Å². The third-order valence-corrected chi connectivity index (χ3v) is 4.75. The molecule has 0 aliphatic heterocycles. The van der Waals surface area contributed by atoms with E-state index < -0.39 is 0 Å². The lowest BCUT2D eigenvalue weighted by molar-refractivity contribution is 0.254. The average Bonchev–Trinajstić information content (AvgIpc) is 2.50. The molecule has 3 nitrogen and oxygen atoms in total. The van der Waals surface area contributed by atoms with E-state index in [-0.39, 0.29) is 11.6 Å². The fraction of sp³-hybridized carbons (Fsp3) is 0.421. The van der Waals surface area contributed by atoms with Gasteiger partial charge in [-0.3, -0.25) is 4.79 Å². The van der Waals surface area contributed by atoms with Gasteiger partial charge >= 0.3 is 0 Å². The molecule has 22 heavy (non-hydrogen) atoms. The molecular weight excluding hydrogens is 272 g/mol. The van der Waals surface area contributed by atoms with Gasteiger partial charge in [0.15, 0.2) is 0 Å². The van der Waals surface area contributed by atoms with Crippen molar-refractivity contribution in [3.8, 4) is 0 Å². The molecule has 1 saturated carbocycles. The van der Waals surface area contributed by atoms with Crippen molar-refractivity contribution >= 4 is 0 Å². The van der Waals surface area contributed by atoms with Crippen LogP contribution in [0, 0.1) is 5.92 Å². The largest absolute Gasteiger partial charge is 0.329 e. The first kappa shape index (κ1) is 15.0. The fourth-order valence-electron chi connectivity index (χ4n) is 3.18. The third kappa shape index (κ3) is 3.66. The molecule has 3 heteroatoms. The number of pyridine rings is 1. The number of hydrogen-bond donors (Lipinski definition) is 2. The molecule has 0 radical (unpaired) electrons. The van der Waals surface area contributed by atoms with Gasteiger partial charge in [0.05, 0.1) is 0 Å². The first-order valence-electron chi connectivity index (χ1n) is 8.22. The second-order valence-corrected chi connectivity index (χ2v) is 6.37. The molecule has 1 fully saturated rings. The summed E-state index contributed by atoms with van der Waals surface area (Å²) in [5, 5.41) is 3.72. The maximum absolute atomic E-state index is 11.5. The summed E-state index contributed by atoms with van der Waals surface area (Å²) in [5.74, 6) is 0.837. The highest BCUT2D eigenvalue weighted by atomic mass is 16.1. The van der Waals surface area contributed by atoms with Crippen LogP contribution in [0.25, 0.3) is 0 Å². The molecule has 0 saturated heterocycles. The minimum Gasteiger partial charge on any atom is -0.329 e. The van der Waals surface area contributed by atoms with Gasteiger partial charge in [-0.05, 0) is 36.5 Å². The lowest BCUT2D eigenvalue weighted by atomic mass is 9.79. The maximum atomic E-state index is 11.5. The second kappa shape index (κ2) is 6.93. The fourth-order valence-corrected chi connectivity index (χ4v) is 3.18. The Balaban J connectivity index is 1.75. The van der Waals surface area contributed by atoms with Crippen molar-refractivity contribution in [3.05, 3.63) is 70.1 Å². The summed E-state index contributed by atoms with van der Waals surface area (Å²) in [7, 11) is 0. The Morgan fingerprint density at radius 2 is 1.95 bits per heavy atom. The first-order chi connectivity index (χ1) is 10.7. The van der Waals surface area contributed by atoms with Crippen LogP contribution in [-0.2, 0) is 0 Å². The van der Waals surface area contributed by atoms with E-state index in [9.17, 15) is 4.79 Å². The zero-order valence-electron chi connectivity index (χ0n) is 13.1. The molecule has 1 aromatic carbocycles. The van der Waals surface area contributed by atoms with Crippen molar-refractivity contribution in [2.75, 3.05) is 0 Å². The molecule has 1 heterocycles. The van der Waals surface area contributed by atoms with Gasteiger partial charge in [0.1, 0.15) is 0 Å². The summed E-state index contributed by atoms with van der Waals surface area (Å²) in [6, 6.07) is 14.8. The number of rotatable bonds is 6. The highest BCUT2D eigenvalue weighted by Crippen LogP contribution is 2.35. The number of hydrogen-bond acceptors (Lipinski definition) is 2. The van der Waals surface area contributed by atoms with Gasteiger partial charge in [-0.1, -0.05) is 49.6 Å². The van der Waals surface area contributed by atoms with Crippen molar-refractivity contribution in [1.82, 2.24) is 10.3 Å². The normalized spacial score (nSPS) is 17.7. The van der Waals surface area contributed by atoms with Crippen LogP contribution in [-0.4, -0.2) is 4.98 Å². The summed E-state index contributed by atoms with van der Waals surface area (Å²) in [4.78, 5) is 14.2. The van der Waals surface area contributed by atoms with Gasteiger partial charge in [0.2, 0.25) is 5.56 Å². The van der Waals surface area contributed by atoms with E-state index in [1.54, 1.807) is 12.3 Å². The van der Waals surface area contributed by atoms with Crippen LogP contribution in [0.4, 0.5) is 0 Å². The molecule has 1 aromatic heterocycles. The zero-order valence-corrected chi connectivity index (χ0v) is 13.1. The van der Waals surface area contributed by atoms with Crippen LogP contribution in [0.15, 0.2) is 53.5 Å². The number of benzene rings is 1. The van der Waals surface area contributed by atoms with E-state index >= 15 is 0 Å². The Bertz CT molecular complexity index is 646. The van der Waals surface area contributed by atoms with E-state index in [0.717, 1.165) is 11.5 Å². The SMILES string of the molecule is CC(NC(CC1CCC1)c1ccccc1)c1cc[nH]c(=O)c1. The molecular formula is C19H24N2O. The minimum absolute atomic E-state index is 0.0404. The van der Waals surface area contributed by atoms with E-state index in [0.29, 0.717) is 6.04 Å². The van der Waals surface area contributed by atoms with Crippen LogP contribution in [0.3, 0.4) is 0 Å². The van der Waals surface area contributed by atoms with Crippen LogP contribution in [0.2, 0.25) is 0 Å². The lowest BCUT2D eigenvalue weighted by Gasteiger charge is -2.32. The molecule has 1 aliphatic carbocycles. The number of aromatic nitrogens is 1. The monoisotopic (exact) mass is 296 g/mol. The molecule has 2 unspecified atom stereocenters. The van der Waals surface area contributed by atoms with Crippen LogP contribution < -0.4 is 10.9 Å². The summed E-state index contributed by atoms with van der Waals surface area (Å²) in [6.45, 7) is 2.13. The van der Waals surface area contributed by atoms with Gasteiger partial charge in [-0.25, -0.2) is 0 Å². The highest BCUT2D eigenvalue weighted by Gasteiger charge is 2.24. The topological polar surface area (TPSA) is 44.9 Å². The summed E-state index contributed by atoms with van der Waals surface area (Å²) in [5.41, 5.74) is 2.34. The number of aromatic amines is 1. The molecule has 1 aliphatic rings. The standard InChI is InChI=1S/C19H24N2O/c1-14(17-10-11-20-19(22)13-17)21-18(12-15-6-5-7-15)16-8-3-2-4-9-16/h2-4,8-11,13-15,18,21H,5-7,12H2,1H3,(H,20,22). The predicted octanol–water partition coefficient (Wildman–Crippen LogP) is 3.96. The van der Waals surface area contributed by atoms with E-state index in [1.165, 1.54) is 31.2 Å². The Morgan fingerprint density at radius 3 is 2.59 bits per heavy atom. The molecule has 0 amide bonds. The molecule has 116 valence electrons. The van der Waals surface area contributed by atoms with Crippen LogP contribution >= 0.6 is 0 Å². The predicted molar refractivity (Wildman–Crippen MR) is 89.8 cm³/mol. The second-order valence-electron chi connectivity index (χ2n) is 6.37. The van der Waals surface area contributed by atoms with Crippen molar-refractivity contribution in [2.45, 2.75) is 44.7 Å². The van der Waals surface area contributed by atoms with Crippen LogP contribution in [0.5, 0.6) is 0 Å². The lowest BCUT2D eigenvalue weighted by Crippen LogP contribution is -2.28. The van der Waals surface area contributed by atoms with Gasteiger partial charge < -0.3 is 10.3 Å². The summed E-state index contributed by atoms with van der Waals surface area (Å²) in [6.07, 6.45) is 6.97. The number of nitrogens with one attached hydrogen (secondary N) is 2. The Hall–Kier alpha value is -1.87. The molecule has 2 atom stereocenters. The van der Waals surface area contributed by atoms with Gasteiger partial charge in [-0.15, -0.1) is 0 Å². The highest BCUT2D eigenvalue weighted by molar-refractivity contribution is 5.21. The Labute approximate surface area is 131 Å². The smallest absolute Gasteiger partial charge is 0.248 e. The molecule has 2 N–H and O–H groups in total. The quantitative estimate of drug-likeness (QED) is 0.847. The molecule has 2 aromatic rings. The molecule has 3 rings (SSSR count). The van der Waals surface area contributed by atoms with Crippen molar-refractivity contribution in [3.63, 3.8) is 0 Å². The van der Waals surface area contributed by atoms with Gasteiger partial charge in [0, 0.05) is 24.3 Å². The average molecular weight is 296 g/mol. The van der Waals surface area contributed by atoms with Crippen molar-refractivity contribution < 1.29 is 0 Å². The van der Waals surface area contributed by atoms with Crippen LogP contribution in [0.1, 0.15) is 55.8 Å². The molecule has 0 spiro atoms. The van der Waals surface area contributed by atoms with Gasteiger partial charge in [-0.2, -0.15) is 0 Å². The molecule has 0 bridgehead atoms. The first-order valence-corrected chi connectivity index (χ1v) is 8.22. The van der Waals surface area contributed by atoms with E-state index in [4.69, 9.17) is 0 Å². The number of H-pyrrole nitrogens is 1. The Morgan fingerprint density at radius 1 is 1.18 bits per heavy atom. The zero-order chi connectivity index (χ0) is 15.4. The van der Waals surface area contributed by atoms with E-state index in [2.05, 4.69) is 47.6 Å². The maximum Gasteiger partial charge on any atom is 0.248 e. The minimum atomic E-state index is -0.0404. The van der Waals surface area contributed by atoms with Crippen molar-refractivity contribution in [2.24, 2.45) is 5.92 Å².